The Morgan fingerprint density at radius 3 is 2.34 bits per heavy atom. The average molecular weight is 605 g/mol. The molecule has 6 rings (SSSR count). The number of nitrogens with one attached hydrogen (secondary N) is 1. The van der Waals surface area contributed by atoms with E-state index in [2.05, 4.69) is 66.8 Å². The summed E-state index contributed by atoms with van der Waals surface area (Å²) in [7, 11) is -1.33. The van der Waals surface area contributed by atoms with Crippen molar-refractivity contribution in [2.45, 2.75) is 47.2 Å². The number of anilines is 3. The highest BCUT2D eigenvalue weighted by molar-refractivity contribution is 7.85. The lowest BCUT2D eigenvalue weighted by Gasteiger charge is -2.35. The molecule has 1 atom stereocenters. The van der Waals surface area contributed by atoms with E-state index in [-0.39, 0.29) is 6.42 Å². The van der Waals surface area contributed by atoms with Gasteiger partial charge >= 0.3 is 5.97 Å². The number of benzene rings is 4. The van der Waals surface area contributed by atoms with Crippen molar-refractivity contribution in [3.05, 3.63) is 118 Å². The zero-order valence-corrected chi connectivity index (χ0v) is 26.5. The maximum Gasteiger partial charge on any atom is 0.307 e. The highest BCUT2D eigenvalue weighted by atomic mass is 32.2. The Morgan fingerprint density at radius 1 is 0.932 bits per heavy atom. The number of rotatable bonds is 8. The molecule has 1 aliphatic rings. The molecule has 2 heterocycles. The quantitative estimate of drug-likeness (QED) is 0.192. The molecular weight excluding hydrogens is 568 g/mol. The SMILES string of the molecule is Cc1ccc(-c2c(C)c3c(c(C)c2CC(=O)O)N(S(C)=O)Cc2cc(Nc4cc(C)nn4Cc4ccccc4)ccc2-3)cc1. The van der Waals surface area contributed by atoms with Crippen molar-refractivity contribution >= 4 is 34.1 Å². The van der Waals surface area contributed by atoms with E-state index in [1.54, 1.807) is 6.26 Å². The molecule has 8 heteroatoms. The van der Waals surface area contributed by atoms with Crippen LogP contribution in [0.5, 0.6) is 0 Å². The maximum absolute atomic E-state index is 13.3. The number of carboxylic acids is 1. The lowest BCUT2D eigenvalue weighted by atomic mass is 9.81. The molecule has 0 bridgehead atoms. The summed E-state index contributed by atoms with van der Waals surface area (Å²) in [5.74, 6) is 0.00378. The number of aryl methyl sites for hydroxylation is 2. The van der Waals surface area contributed by atoms with Crippen LogP contribution in [-0.4, -0.2) is 31.3 Å². The van der Waals surface area contributed by atoms with Crippen LogP contribution in [0.1, 0.15) is 39.1 Å². The van der Waals surface area contributed by atoms with Crippen LogP contribution in [0.15, 0.2) is 78.9 Å². The van der Waals surface area contributed by atoms with Crippen molar-refractivity contribution in [2.75, 3.05) is 15.9 Å². The minimum absolute atomic E-state index is 0.112. The monoisotopic (exact) mass is 604 g/mol. The van der Waals surface area contributed by atoms with Crippen molar-refractivity contribution in [1.29, 1.82) is 0 Å². The van der Waals surface area contributed by atoms with Gasteiger partial charge in [0.05, 0.1) is 30.9 Å². The van der Waals surface area contributed by atoms with Gasteiger partial charge in [0.2, 0.25) is 0 Å². The summed E-state index contributed by atoms with van der Waals surface area (Å²) in [5.41, 5.74) is 12.6. The Hall–Kier alpha value is -4.69. The molecule has 0 saturated heterocycles. The summed E-state index contributed by atoms with van der Waals surface area (Å²) in [5, 5.41) is 18.2. The summed E-state index contributed by atoms with van der Waals surface area (Å²) < 4.78 is 17.1. The van der Waals surface area contributed by atoms with Crippen LogP contribution < -0.4 is 9.62 Å². The second kappa shape index (κ2) is 11.8. The second-order valence-corrected chi connectivity index (χ2v) is 12.8. The molecule has 0 saturated carbocycles. The zero-order valence-electron chi connectivity index (χ0n) is 25.6. The van der Waals surface area contributed by atoms with Crippen molar-refractivity contribution in [3.63, 3.8) is 0 Å². The number of fused-ring (bicyclic) bond motifs is 3. The Bertz CT molecular complexity index is 1910. The fraction of sp³-hybridized carbons (Fsp3) is 0.222. The Balaban J connectivity index is 1.48. The van der Waals surface area contributed by atoms with Crippen molar-refractivity contribution < 1.29 is 14.1 Å². The molecule has 0 aliphatic carbocycles. The van der Waals surface area contributed by atoms with Crippen LogP contribution in [-0.2, 0) is 35.3 Å². The molecule has 0 amide bonds. The molecular formula is C36H36N4O3S. The zero-order chi connectivity index (χ0) is 31.1. The van der Waals surface area contributed by atoms with E-state index in [1.807, 2.05) is 54.0 Å². The topological polar surface area (TPSA) is 87.5 Å². The number of hydrogen-bond donors (Lipinski definition) is 2. The third kappa shape index (κ3) is 5.53. The highest BCUT2D eigenvalue weighted by Crippen LogP contribution is 2.49. The molecule has 4 aromatic carbocycles. The fourth-order valence-corrected chi connectivity index (χ4v) is 7.15. The number of aromatic nitrogens is 2. The molecule has 7 nitrogen and oxygen atoms in total. The molecule has 0 spiro atoms. The third-order valence-corrected chi connectivity index (χ3v) is 9.30. The average Bonchev–Trinajstić information content (AvgIpc) is 3.33. The van der Waals surface area contributed by atoms with Gasteiger partial charge in [0.25, 0.3) is 0 Å². The summed E-state index contributed by atoms with van der Waals surface area (Å²) in [6.45, 7) is 9.14. The van der Waals surface area contributed by atoms with Gasteiger partial charge in [0.1, 0.15) is 16.8 Å². The molecule has 1 unspecified atom stereocenters. The molecule has 1 aliphatic heterocycles. The maximum atomic E-state index is 13.3. The molecule has 5 aromatic rings. The van der Waals surface area contributed by atoms with Crippen LogP contribution in [0, 0.1) is 27.7 Å². The van der Waals surface area contributed by atoms with E-state index in [1.165, 1.54) is 5.56 Å². The van der Waals surface area contributed by atoms with Crippen molar-refractivity contribution in [2.24, 2.45) is 0 Å². The van der Waals surface area contributed by atoms with Gasteiger partial charge in [-0.05, 0) is 84.3 Å². The van der Waals surface area contributed by atoms with E-state index in [4.69, 9.17) is 5.10 Å². The number of carbonyl (C=O) groups is 1. The molecule has 0 fully saturated rings. The Labute approximate surface area is 260 Å². The Kier molecular flexibility index (Phi) is 7.86. The normalized spacial score (nSPS) is 12.9. The number of hydrogen-bond acceptors (Lipinski definition) is 4. The summed E-state index contributed by atoms with van der Waals surface area (Å²) in [6, 6.07) is 26.8. The van der Waals surface area contributed by atoms with Gasteiger partial charge in [0, 0.05) is 23.6 Å². The lowest BCUT2D eigenvalue weighted by Crippen LogP contribution is -2.30. The second-order valence-electron chi connectivity index (χ2n) is 11.5. The molecule has 0 radical (unpaired) electrons. The van der Waals surface area contributed by atoms with E-state index in [0.717, 1.165) is 73.0 Å². The fourth-order valence-electron chi connectivity index (χ4n) is 6.34. The van der Waals surface area contributed by atoms with Crippen LogP contribution in [0.4, 0.5) is 17.2 Å². The predicted molar refractivity (Wildman–Crippen MR) is 179 cm³/mol. The predicted octanol–water partition coefficient (Wildman–Crippen LogP) is 7.48. The van der Waals surface area contributed by atoms with E-state index in [9.17, 15) is 14.1 Å². The number of aliphatic carboxylic acids is 1. The molecule has 2 N–H and O–H groups in total. The van der Waals surface area contributed by atoms with Crippen LogP contribution in [0.25, 0.3) is 22.3 Å². The third-order valence-electron chi connectivity index (χ3n) is 8.36. The van der Waals surface area contributed by atoms with Crippen molar-refractivity contribution in [3.8, 4) is 22.3 Å². The van der Waals surface area contributed by atoms with E-state index >= 15 is 0 Å². The standard InChI is InChI=1S/C36H36N4O3S/c1-22-11-13-27(14-12-22)34-25(4)35-30-16-15-29(37-32-17-23(2)38-39(32)20-26-9-7-6-8-10-26)18-28(30)21-40(44(5)43)36(35)24(3)31(34)19-33(41)42/h6-18,37H,19-21H2,1-5H3,(H,41,42). The minimum Gasteiger partial charge on any atom is -0.481 e. The first-order chi connectivity index (χ1) is 21.1. The van der Waals surface area contributed by atoms with Crippen molar-refractivity contribution in [1.82, 2.24) is 9.78 Å². The summed E-state index contributed by atoms with van der Waals surface area (Å²) >= 11 is 0. The molecule has 1 aromatic heterocycles. The first kappa shape index (κ1) is 29.4. The minimum atomic E-state index is -1.33. The van der Waals surface area contributed by atoms with Gasteiger partial charge in [-0.25, -0.2) is 8.89 Å². The van der Waals surface area contributed by atoms with Crippen LogP contribution in [0.2, 0.25) is 0 Å². The van der Waals surface area contributed by atoms with Crippen LogP contribution >= 0.6 is 0 Å². The van der Waals surface area contributed by atoms with Gasteiger partial charge in [-0.15, -0.1) is 0 Å². The largest absolute Gasteiger partial charge is 0.481 e. The van der Waals surface area contributed by atoms with Gasteiger partial charge in [0.15, 0.2) is 0 Å². The van der Waals surface area contributed by atoms with Gasteiger partial charge in [-0.1, -0.05) is 66.2 Å². The highest BCUT2D eigenvalue weighted by Gasteiger charge is 2.32. The van der Waals surface area contributed by atoms with Gasteiger partial charge in [-0.3, -0.25) is 9.10 Å². The van der Waals surface area contributed by atoms with E-state index in [0.29, 0.717) is 13.1 Å². The first-order valence-electron chi connectivity index (χ1n) is 14.7. The Morgan fingerprint density at radius 2 is 1.66 bits per heavy atom. The number of nitrogens with zero attached hydrogens (tertiary/aromatic N) is 3. The molecule has 44 heavy (non-hydrogen) atoms. The van der Waals surface area contributed by atoms with E-state index < -0.39 is 17.0 Å². The number of carboxylic acid groups (broad SMARTS) is 1. The van der Waals surface area contributed by atoms with Gasteiger partial charge in [-0.2, -0.15) is 5.10 Å². The summed E-state index contributed by atoms with van der Waals surface area (Å²) in [4.78, 5) is 12.1. The lowest BCUT2D eigenvalue weighted by molar-refractivity contribution is -0.136. The van der Waals surface area contributed by atoms with Crippen LogP contribution in [0.3, 0.4) is 0 Å². The molecule has 224 valence electrons. The smallest absolute Gasteiger partial charge is 0.307 e. The summed E-state index contributed by atoms with van der Waals surface area (Å²) in [6.07, 6.45) is 1.57. The van der Waals surface area contributed by atoms with Gasteiger partial charge < -0.3 is 10.4 Å². The first-order valence-corrected chi connectivity index (χ1v) is 16.2.